The van der Waals surface area contributed by atoms with Crippen LogP contribution in [-0.2, 0) is 15.5 Å². The van der Waals surface area contributed by atoms with Crippen LogP contribution in [0.25, 0.3) is 0 Å². The summed E-state index contributed by atoms with van der Waals surface area (Å²) in [6, 6.07) is 0. The first-order chi connectivity index (χ1) is 2.77. The molecule has 1 unspecified atom stereocenters. The van der Waals surface area contributed by atoms with Crippen LogP contribution in [0.5, 0.6) is 0 Å². The van der Waals surface area contributed by atoms with Crippen LogP contribution in [0.4, 0.5) is 0 Å². The van der Waals surface area contributed by atoms with Gasteiger partial charge in [0.1, 0.15) is 11.4 Å². The second-order valence-corrected chi connectivity index (χ2v) is 1.02. The Morgan fingerprint density at radius 1 is 2.00 bits per heavy atom. The van der Waals surface area contributed by atoms with E-state index >= 15 is 0 Å². The first-order valence-electron chi connectivity index (χ1n) is 1.02. The topological polar surface area (TPSA) is 73.2 Å². The van der Waals surface area contributed by atoms with Gasteiger partial charge in [0.05, 0.1) is 0 Å². The Hall–Kier alpha value is 1.22. The molecule has 4 nitrogen and oxygen atoms in total. The van der Waals surface area contributed by atoms with Gasteiger partial charge in [-0.3, -0.25) is 5.41 Å². The molecule has 6 heteroatoms. The van der Waals surface area contributed by atoms with Gasteiger partial charge < -0.3 is 10.2 Å². The van der Waals surface area contributed by atoms with Gasteiger partial charge in [0, 0.05) is 0 Å². The third-order valence-corrected chi connectivity index (χ3v) is 0.380. The fourth-order valence-corrected chi connectivity index (χ4v) is 0.118. The fraction of sp³-hybridized carbons (Fsp3) is 0. The molecule has 7 heavy (non-hydrogen) atoms. The van der Waals surface area contributed by atoms with Crippen molar-refractivity contribution in [2.75, 3.05) is 0 Å². The number of rotatable bonds is 2. The summed E-state index contributed by atoms with van der Waals surface area (Å²) in [5, 5.41) is 5.99. The molecule has 0 amide bonds. The minimum atomic E-state index is -2.56. The van der Waals surface area contributed by atoms with Gasteiger partial charge in [-0.2, -0.15) is 0 Å². The zero-order valence-corrected chi connectivity index (χ0v) is 7.65. The van der Waals surface area contributed by atoms with Gasteiger partial charge in [0.15, 0.2) is 6.40 Å². The molecule has 0 bridgehead atoms. The van der Waals surface area contributed by atoms with Crippen LogP contribution < -0.4 is 51.4 Å². The molecule has 0 aliphatic heterocycles. The first-order valence-corrected chi connectivity index (χ1v) is 2.02. The molecule has 0 fully saturated rings. The van der Waals surface area contributed by atoms with E-state index in [-0.39, 0.29) is 52.8 Å². The SMILES string of the molecule is N=COS(=O)[O-].[H-].[K+]. The van der Waals surface area contributed by atoms with Crippen molar-refractivity contribution in [2.24, 2.45) is 0 Å². The van der Waals surface area contributed by atoms with E-state index in [2.05, 4.69) is 4.18 Å². The third kappa shape index (κ3) is 11.0. The molecule has 0 heterocycles. The van der Waals surface area contributed by atoms with Crippen molar-refractivity contribution in [3.63, 3.8) is 0 Å². The quantitative estimate of drug-likeness (QED) is 0.191. The molecular formula is CH3KNO3S-. The molecule has 0 aromatic carbocycles. The summed E-state index contributed by atoms with van der Waals surface area (Å²) in [5.74, 6) is 0. The Kier molecular flexibility index (Phi) is 11.4. The Morgan fingerprint density at radius 2 is 2.43 bits per heavy atom. The smallest absolute Gasteiger partial charge is 1.00 e. The summed E-state index contributed by atoms with van der Waals surface area (Å²) in [5.41, 5.74) is 0. The summed E-state index contributed by atoms with van der Waals surface area (Å²) in [4.78, 5) is 0. The maximum absolute atomic E-state index is 9.23. The average Bonchev–Trinajstić information content (AvgIpc) is 1.35. The van der Waals surface area contributed by atoms with E-state index in [0.29, 0.717) is 6.40 Å². The zero-order valence-electron chi connectivity index (χ0n) is 4.71. The van der Waals surface area contributed by atoms with Crippen molar-refractivity contribution >= 4 is 17.8 Å². The van der Waals surface area contributed by atoms with E-state index in [4.69, 9.17) is 5.41 Å². The molecule has 38 valence electrons. The second-order valence-electron chi connectivity index (χ2n) is 0.418. The second kappa shape index (κ2) is 7.22. The van der Waals surface area contributed by atoms with E-state index < -0.39 is 11.4 Å². The maximum Gasteiger partial charge on any atom is 1.00 e. The van der Waals surface area contributed by atoms with Crippen LogP contribution in [0.2, 0.25) is 0 Å². The number of hydrogen-bond donors (Lipinski definition) is 1. The molecule has 0 aromatic rings. The molecule has 0 rings (SSSR count). The molecule has 0 saturated heterocycles. The molecular weight excluding hydrogens is 145 g/mol. The summed E-state index contributed by atoms with van der Waals surface area (Å²) >= 11 is -2.56. The van der Waals surface area contributed by atoms with Crippen molar-refractivity contribution in [1.82, 2.24) is 0 Å². The Bertz CT molecular complexity index is 79.7. The van der Waals surface area contributed by atoms with Gasteiger partial charge in [0.2, 0.25) is 0 Å². The van der Waals surface area contributed by atoms with Crippen LogP contribution in [0.1, 0.15) is 1.43 Å². The predicted octanol–water partition coefficient (Wildman–Crippen LogP) is -3.48. The van der Waals surface area contributed by atoms with Gasteiger partial charge in [-0.05, 0) is 0 Å². The van der Waals surface area contributed by atoms with Gasteiger partial charge in [0.25, 0.3) is 0 Å². The summed E-state index contributed by atoms with van der Waals surface area (Å²) in [6.45, 7) is 0. The van der Waals surface area contributed by atoms with Crippen LogP contribution in [0.3, 0.4) is 0 Å². The molecule has 0 aromatic heterocycles. The van der Waals surface area contributed by atoms with Crippen molar-refractivity contribution < 1.29 is 65.8 Å². The van der Waals surface area contributed by atoms with Gasteiger partial charge in [-0.15, -0.1) is 0 Å². The van der Waals surface area contributed by atoms with Crippen LogP contribution in [0, 0.1) is 5.41 Å². The molecule has 0 saturated carbocycles. The standard InChI is InChI=1S/CH3NO3S.K.H/c2-1-5-6(3)4;;/h1-2H,(H,3,4);;/q;+1;-1/p-1. The van der Waals surface area contributed by atoms with Crippen molar-refractivity contribution in [2.45, 2.75) is 0 Å². The van der Waals surface area contributed by atoms with Crippen molar-refractivity contribution in [1.29, 1.82) is 5.41 Å². The number of nitrogens with one attached hydrogen (secondary N) is 1. The summed E-state index contributed by atoms with van der Waals surface area (Å²) < 4.78 is 22.0. The van der Waals surface area contributed by atoms with Crippen molar-refractivity contribution in [3.05, 3.63) is 0 Å². The third-order valence-electron chi connectivity index (χ3n) is 0.127. The van der Waals surface area contributed by atoms with Gasteiger partial charge >= 0.3 is 51.4 Å². The molecule has 0 radical (unpaired) electrons. The van der Waals surface area contributed by atoms with E-state index in [0.717, 1.165) is 0 Å². The monoisotopic (exact) mass is 148 g/mol. The van der Waals surface area contributed by atoms with Crippen LogP contribution >= 0.6 is 0 Å². The van der Waals surface area contributed by atoms with Gasteiger partial charge in [-0.1, -0.05) is 0 Å². The largest absolute Gasteiger partial charge is 1.00 e. The Labute approximate surface area is 87.5 Å². The summed E-state index contributed by atoms with van der Waals surface area (Å²) in [7, 11) is 0. The van der Waals surface area contributed by atoms with Gasteiger partial charge in [-0.25, -0.2) is 4.21 Å². The average molecular weight is 148 g/mol. The Morgan fingerprint density at radius 3 is 2.43 bits per heavy atom. The first kappa shape index (κ1) is 11.1. The molecule has 1 N–H and O–H groups in total. The normalized spacial score (nSPS) is 11.0. The van der Waals surface area contributed by atoms with Crippen LogP contribution in [0.15, 0.2) is 0 Å². The van der Waals surface area contributed by atoms with E-state index in [1.54, 1.807) is 0 Å². The summed E-state index contributed by atoms with van der Waals surface area (Å²) in [6.07, 6.45) is 0.336. The molecule has 0 aliphatic carbocycles. The minimum absolute atomic E-state index is 0. The molecule has 1 atom stereocenters. The maximum atomic E-state index is 9.23. The minimum Gasteiger partial charge on any atom is -1.00 e. The van der Waals surface area contributed by atoms with E-state index in [1.165, 1.54) is 0 Å². The van der Waals surface area contributed by atoms with E-state index in [1.807, 2.05) is 0 Å². The molecule has 0 aliphatic rings. The fourth-order valence-electron chi connectivity index (χ4n) is 0.0393. The molecule has 0 spiro atoms. The van der Waals surface area contributed by atoms with Crippen molar-refractivity contribution in [3.8, 4) is 0 Å². The van der Waals surface area contributed by atoms with Crippen LogP contribution in [-0.4, -0.2) is 15.2 Å². The van der Waals surface area contributed by atoms with E-state index in [9.17, 15) is 8.76 Å². The zero-order chi connectivity index (χ0) is 4.99. The number of hydrogen-bond acceptors (Lipinski definition) is 4. The predicted molar refractivity (Wildman–Crippen MR) is 19.9 cm³/mol. The Balaban J connectivity index is -0.000000125.